The molecule has 0 atom stereocenters. The smallest absolute Gasteiger partial charge is 0.410 e. The Kier molecular flexibility index (Phi) is 5.58. The van der Waals surface area contributed by atoms with E-state index in [0.29, 0.717) is 31.4 Å². The number of likely N-dealkylation sites (tertiary alicyclic amines) is 1. The van der Waals surface area contributed by atoms with Crippen molar-refractivity contribution >= 4 is 17.1 Å². The van der Waals surface area contributed by atoms with Gasteiger partial charge in [-0.3, -0.25) is 0 Å². The van der Waals surface area contributed by atoms with E-state index in [0.717, 1.165) is 22.5 Å². The van der Waals surface area contributed by atoms with Crippen LogP contribution in [0.25, 0.3) is 11.0 Å². The quantitative estimate of drug-likeness (QED) is 0.423. The molecule has 5 rings (SSSR count). The number of piperidine rings is 1. The molecule has 1 fully saturated rings. The zero-order valence-electron chi connectivity index (χ0n) is 18.6. The highest BCUT2D eigenvalue weighted by molar-refractivity contribution is 5.76. The molecule has 1 amide bonds. The average molecular weight is 444 g/mol. The average Bonchev–Trinajstić information content (AvgIpc) is 3.19. The molecule has 1 aromatic heterocycles. The maximum absolute atomic E-state index is 13.9. The standard InChI is InChI=1S/C27H26FN3O2/c1-30-24-13-12-22(28)18-23(24)29-25(30)27(21-10-6-3-7-11-21)14-16-31(17-15-27)26(32)33-19-20-8-4-2-5-9-20/h2-13,18H,14-17,19H2,1H3. The fourth-order valence-electron chi connectivity index (χ4n) is 4.88. The molecule has 3 aromatic carbocycles. The molecular weight excluding hydrogens is 417 g/mol. The number of benzene rings is 3. The van der Waals surface area contributed by atoms with Crippen molar-refractivity contribution in [2.24, 2.45) is 7.05 Å². The largest absolute Gasteiger partial charge is 0.445 e. The number of rotatable bonds is 4. The summed E-state index contributed by atoms with van der Waals surface area (Å²) in [6.07, 6.45) is 1.11. The van der Waals surface area contributed by atoms with Crippen LogP contribution in [0.15, 0.2) is 78.9 Å². The van der Waals surface area contributed by atoms with Crippen LogP contribution in [0.3, 0.4) is 0 Å². The van der Waals surface area contributed by atoms with Crippen molar-refractivity contribution in [1.82, 2.24) is 14.5 Å². The summed E-state index contributed by atoms with van der Waals surface area (Å²) < 4.78 is 21.5. The van der Waals surface area contributed by atoms with Gasteiger partial charge in [-0.05, 0) is 36.1 Å². The summed E-state index contributed by atoms with van der Waals surface area (Å²) >= 11 is 0. The van der Waals surface area contributed by atoms with Crippen LogP contribution in [0.4, 0.5) is 9.18 Å². The molecule has 5 nitrogen and oxygen atoms in total. The van der Waals surface area contributed by atoms with Crippen LogP contribution in [0.1, 0.15) is 29.8 Å². The number of nitrogens with zero attached hydrogens (tertiary/aromatic N) is 3. The van der Waals surface area contributed by atoms with Gasteiger partial charge in [-0.25, -0.2) is 14.2 Å². The SMILES string of the molecule is Cn1c(C2(c3ccccc3)CCN(C(=O)OCc3ccccc3)CC2)nc2cc(F)ccc21. The van der Waals surface area contributed by atoms with Crippen molar-refractivity contribution in [1.29, 1.82) is 0 Å². The Balaban J connectivity index is 1.42. The van der Waals surface area contributed by atoms with Crippen LogP contribution in [0.2, 0.25) is 0 Å². The lowest BCUT2D eigenvalue weighted by Crippen LogP contribution is -2.47. The van der Waals surface area contributed by atoms with Gasteiger partial charge in [0.1, 0.15) is 18.2 Å². The molecule has 168 valence electrons. The summed E-state index contributed by atoms with van der Waals surface area (Å²) in [5.41, 5.74) is 3.29. The van der Waals surface area contributed by atoms with Crippen molar-refractivity contribution in [3.8, 4) is 0 Å². The van der Waals surface area contributed by atoms with Crippen LogP contribution < -0.4 is 0 Å². The minimum Gasteiger partial charge on any atom is -0.445 e. The van der Waals surface area contributed by atoms with Gasteiger partial charge in [-0.1, -0.05) is 60.7 Å². The van der Waals surface area contributed by atoms with E-state index < -0.39 is 0 Å². The highest BCUT2D eigenvalue weighted by atomic mass is 19.1. The van der Waals surface area contributed by atoms with Crippen molar-refractivity contribution in [2.45, 2.75) is 24.9 Å². The maximum atomic E-state index is 13.9. The number of hydrogen-bond donors (Lipinski definition) is 0. The van der Waals surface area contributed by atoms with Gasteiger partial charge in [0.25, 0.3) is 0 Å². The molecule has 1 aliphatic rings. The van der Waals surface area contributed by atoms with E-state index in [9.17, 15) is 9.18 Å². The number of amides is 1. The number of carbonyl (C=O) groups excluding carboxylic acids is 1. The Morgan fingerprint density at radius 2 is 1.67 bits per heavy atom. The highest BCUT2D eigenvalue weighted by Gasteiger charge is 2.42. The molecule has 2 heterocycles. The first kappa shape index (κ1) is 21.2. The Morgan fingerprint density at radius 3 is 2.36 bits per heavy atom. The van der Waals surface area contributed by atoms with E-state index in [1.165, 1.54) is 12.1 Å². The van der Waals surface area contributed by atoms with Gasteiger partial charge >= 0.3 is 6.09 Å². The van der Waals surface area contributed by atoms with Gasteiger partial charge in [-0.2, -0.15) is 0 Å². The van der Waals surface area contributed by atoms with E-state index in [-0.39, 0.29) is 23.9 Å². The molecule has 6 heteroatoms. The van der Waals surface area contributed by atoms with Gasteiger partial charge in [0.05, 0.1) is 16.4 Å². The minimum atomic E-state index is -0.373. The number of ether oxygens (including phenoxy) is 1. The van der Waals surface area contributed by atoms with E-state index in [4.69, 9.17) is 9.72 Å². The van der Waals surface area contributed by atoms with Crippen molar-refractivity contribution in [2.75, 3.05) is 13.1 Å². The summed E-state index contributed by atoms with van der Waals surface area (Å²) in [4.78, 5) is 19.4. The number of hydrogen-bond acceptors (Lipinski definition) is 3. The summed E-state index contributed by atoms with van der Waals surface area (Å²) in [6.45, 7) is 1.37. The first-order valence-electron chi connectivity index (χ1n) is 11.2. The van der Waals surface area contributed by atoms with Crippen molar-refractivity contribution in [3.63, 3.8) is 0 Å². The molecule has 0 N–H and O–H groups in total. The Labute approximate surface area is 192 Å². The van der Waals surface area contributed by atoms with Gasteiger partial charge in [0, 0.05) is 26.2 Å². The summed E-state index contributed by atoms with van der Waals surface area (Å²) in [5, 5.41) is 0. The third-order valence-corrected chi connectivity index (χ3v) is 6.68. The lowest BCUT2D eigenvalue weighted by molar-refractivity contribution is 0.0803. The van der Waals surface area contributed by atoms with Gasteiger partial charge < -0.3 is 14.2 Å². The molecule has 0 spiro atoms. The second kappa shape index (κ2) is 8.70. The second-order valence-electron chi connectivity index (χ2n) is 8.60. The van der Waals surface area contributed by atoms with Crippen LogP contribution >= 0.6 is 0 Å². The van der Waals surface area contributed by atoms with E-state index in [2.05, 4.69) is 16.7 Å². The van der Waals surface area contributed by atoms with E-state index >= 15 is 0 Å². The maximum Gasteiger partial charge on any atom is 0.410 e. The molecule has 0 bridgehead atoms. The molecule has 1 saturated heterocycles. The third-order valence-electron chi connectivity index (χ3n) is 6.68. The predicted octanol–water partition coefficient (Wildman–Crippen LogP) is 5.43. The lowest BCUT2D eigenvalue weighted by Gasteiger charge is -2.41. The second-order valence-corrected chi connectivity index (χ2v) is 8.60. The van der Waals surface area contributed by atoms with E-state index in [1.807, 2.05) is 55.6 Å². The van der Waals surface area contributed by atoms with Crippen LogP contribution in [-0.2, 0) is 23.8 Å². The van der Waals surface area contributed by atoms with Gasteiger partial charge in [0.15, 0.2) is 0 Å². The number of aryl methyl sites for hydroxylation is 1. The Hall–Kier alpha value is -3.67. The molecule has 33 heavy (non-hydrogen) atoms. The number of imidazole rings is 1. The number of halogens is 1. The number of fused-ring (bicyclic) bond motifs is 1. The molecule has 0 radical (unpaired) electrons. The fraction of sp³-hybridized carbons (Fsp3) is 0.259. The summed E-state index contributed by atoms with van der Waals surface area (Å²) in [7, 11) is 1.98. The molecule has 1 aliphatic heterocycles. The molecular formula is C27H26FN3O2. The zero-order valence-corrected chi connectivity index (χ0v) is 18.6. The van der Waals surface area contributed by atoms with Gasteiger partial charge in [0.2, 0.25) is 0 Å². The normalized spacial score (nSPS) is 15.5. The van der Waals surface area contributed by atoms with E-state index in [1.54, 1.807) is 11.0 Å². The molecule has 0 saturated carbocycles. The zero-order chi connectivity index (χ0) is 22.8. The Bertz CT molecular complexity index is 1260. The topological polar surface area (TPSA) is 47.4 Å². The summed E-state index contributed by atoms with van der Waals surface area (Å²) in [6, 6.07) is 24.7. The molecule has 0 aliphatic carbocycles. The molecule has 0 unspecified atom stereocenters. The summed E-state index contributed by atoms with van der Waals surface area (Å²) in [5.74, 6) is 0.600. The first-order chi connectivity index (χ1) is 16.1. The first-order valence-corrected chi connectivity index (χ1v) is 11.2. The predicted molar refractivity (Wildman–Crippen MR) is 125 cm³/mol. The highest BCUT2D eigenvalue weighted by Crippen LogP contribution is 2.42. The number of carbonyl (C=O) groups is 1. The lowest BCUT2D eigenvalue weighted by atomic mass is 9.72. The number of aromatic nitrogens is 2. The third kappa shape index (κ3) is 3.97. The van der Waals surface area contributed by atoms with Gasteiger partial charge in [-0.15, -0.1) is 0 Å². The van der Waals surface area contributed by atoms with Crippen molar-refractivity contribution in [3.05, 3.63) is 102 Å². The minimum absolute atomic E-state index is 0.260. The van der Waals surface area contributed by atoms with Crippen LogP contribution in [0.5, 0.6) is 0 Å². The van der Waals surface area contributed by atoms with Crippen LogP contribution in [0, 0.1) is 5.82 Å². The molecule has 4 aromatic rings. The van der Waals surface area contributed by atoms with Crippen molar-refractivity contribution < 1.29 is 13.9 Å². The van der Waals surface area contributed by atoms with Crippen LogP contribution in [-0.4, -0.2) is 33.6 Å². The Morgan fingerprint density at radius 1 is 1.00 bits per heavy atom. The monoisotopic (exact) mass is 443 g/mol. The fourth-order valence-corrected chi connectivity index (χ4v) is 4.88.